The quantitative estimate of drug-likeness (QED) is 0.627. The van der Waals surface area contributed by atoms with E-state index in [0.717, 1.165) is 38.3 Å². The molecule has 30 heavy (non-hydrogen) atoms. The average Bonchev–Trinajstić information content (AvgIpc) is 2.73. The van der Waals surface area contributed by atoms with E-state index in [1.807, 2.05) is 26.2 Å². The first-order valence-corrected chi connectivity index (χ1v) is 10.2. The molecule has 0 bridgehead atoms. The third kappa shape index (κ3) is 4.58. The molecule has 0 aliphatic carbocycles. The first-order valence-electron chi connectivity index (χ1n) is 10.2. The maximum absolute atomic E-state index is 11.8. The maximum atomic E-state index is 11.8. The smallest absolute Gasteiger partial charge is 0.268 e. The molecule has 0 spiro atoms. The molecule has 3 heterocycles. The number of rotatable bonds is 6. The van der Waals surface area contributed by atoms with Crippen molar-refractivity contribution in [3.63, 3.8) is 0 Å². The number of H-pyrrole nitrogens is 1. The van der Waals surface area contributed by atoms with Crippen molar-refractivity contribution in [2.24, 2.45) is 0 Å². The van der Waals surface area contributed by atoms with Crippen LogP contribution in [0.3, 0.4) is 0 Å². The van der Waals surface area contributed by atoms with Crippen LogP contribution in [0, 0.1) is 0 Å². The molecule has 0 unspecified atom stereocenters. The van der Waals surface area contributed by atoms with Gasteiger partial charge in [-0.1, -0.05) is 0 Å². The highest BCUT2D eigenvalue weighted by Gasteiger charge is 2.15. The van der Waals surface area contributed by atoms with E-state index >= 15 is 0 Å². The number of anilines is 2. The van der Waals surface area contributed by atoms with Crippen molar-refractivity contribution in [3.8, 4) is 11.4 Å². The Balaban J connectivity index is 1.63. The Kier molecular flexibility index (Phi) is 5.91. The van der Waals surface area contributed by atoms with Gasteiger partial charge in [0.2, 0.25) is 0 Å². The molecule has 1 aromatic carbocycles. The molecule has 9 heteroatoms. The number of likely N-dealkylation sites (N-methyl/N-ethyl adjacent to an activating group) is 2. The van der Waals surface area contributed by atoms with Crippen LogP contribution in [0.5, 0.6) is 0 Å². The molecule has 0 saturated carbocycles. The summed E-state index contributed by atoms with van der Waals surface area (Å²) in [6, 6.07) is 8.29. The minimum Gasteiger partial charge on any atom is -0.369 e. The van der Waals surface area contributed by atoms with Gasteiger partial charge >= 0.3 is 0 Å². The van der Waals surface area contributed by atoms with E-state index in [4.69, 9.17) is 4.98 Å². The number of aromatic nitrogens is 4. The molecular weight excluding hydrogens is 380 g/mol. The number of aromatic amines is 1. The lowest BCUT2D eigenvalue weighted by Crippen LogP contribution is -2.44. The minimum absolute atomic E-state index is 0.281. The van der Waals surface area contributed by atoms with Gasteiger partial charge in [-0.05, 0) is 45.4 Å². The summed E-state index contributed by atoms with van der Waals surface area (Å²) in [5, 5.41) is 3.33. The Morgan fingerprint density at radius 1 is 1.10 bits per heavy atom. The summed E-state index contributed by atoms with van der Waals surface area (Å²) < 4.78 is 0. The van der Waals surface area contributed by atoms with Crippen LogP contribution in [-0.2, 0) is 0 Å². The van der Waals surface area contributed by atoms with Crippen LogP contribution in [-0.4, -0.2) is 90.1 Å². The molecule has 1 fully saturated rings. The van der Waals surface area contributed by atoms with Gasteiger partial charge in [-0.3, -0.25) is 4.79 Å². The van der Waals surface area contributed by atoms with Gasteiger partial charge in [0.1, 0.15) is 5.52 Å². The summed E-state index contributed by atoms with van der Waals surface area (Å²) in [6.45, 7) is 5.74. The van der Waals surface area contributed by atoms with E-state index in [2.05, 4.69) is 54.1 Å². The molecule has 0 amide bonds. The largest absolute Gasteiger partial charge is 0.369 e. The number of nitrogens with one attached hydrogen (secondary N) is 2. The third-order valence-electron chi connectivity index (χ3n) is 5.28. The van der Waals surface area contributed by atoms with Crippen LogP contribution < -0.4 is 15.8 Å². The summed E-state index contributed by atoms with van der Waals surface area (Å²) in [5.41, 5.74) is 2.81. The average molecular weight is 409 g/mol. The van der Waals surface area contributed by atoms with Gasteiger partial charge in [-0.15, -0.1) is 0 Å². The Morgan fingerprint density at radius 3 is 2.53 bits per heavy atom. The number of nitrogens with zero attached hydrogens (tertiary/aromatic N) is 6. The van der Waals surface area contributed by atoms with Gasteiger partial charge < -0.3 is 25.0 Å². The van der Waals surface area contributed by atoms with E-state index in [-0.39, 0.29) is 5.56 Å². The van der Waals surface area contributed by atoms with Gasteiger partial charge in [0, 0.05) is 50.5 Å². The minimum atomic E-state index is -0.281. The molecule has 9 nitrogen and oxygen atoms in total. The Bertz CT molecular complexity index is 1050. The fourth-order valence-electron chi connectivity index (χ4n) is 3.47. The fraction of sp³-hybridized carbons (Fsp3) is 0.429. The molecule has 2 N–H and O–H groups in total. The normalized spacial score (nSPS) is 15.1. The highest BCUT2D eigenvalue weighted by molar-refractivity contribution is 5.84. The number of piperazine rings is 1. The van der Waals surface area contributed by atoms with E-state index in [0.29, 0.717) is 29.4 Å². The second kappa shape index (κ2) is 8.76. The molecule has 1 aliphatic rings. The summed E-state index contributed by atoms with van der Waals surface area (Å²) in [5.74, 6) is 1.18. The van der Waals surface area contributed by atoms with E-state index < -0.39 is 0 Å². The van der Waals surface area contributed by atoms with Crippen molar-refractivity contribution in [3.05, 3.63) is 40.8 Å². The summed E-state index contributed by atoms with van der Waals surface area (Å²) >= 11 is 0. The maximum Gasteiger partial charge on any atom is 0.268 e. The first kappa shape index (κ1) is 20.2. The predicted octanol–water partition coefficient (Wildman–Crippen LogP) is 1.11. The number of benzene rings is 1. The van der Waals surface area contributed by atoms with E-state index in [9.17, 15) is 4.79 Å². The van der Waals surface area contributed by atoms with Gasteiger partial charge in [0.25, 0.3) is 5.56 Å². The highest BCUT2D eigenvalue weighted by Crippen LogP contribution is 2.25. The van der Waals surface area contributed by atoms with Crippen LogP contribution in [0.25, 0.3) is 22.6 Å². The zero-order valence-electron chi connectivity index (χ0n) is 17.7. The van der Waals surface area contributed by atoms with Crippen LogP contribution >= 0.6 is 0 Å². The van der Waals surface area contributed by atoms with Crippen LogP contribution in [0.4, 0.5) is 11.5 Å². The molecule has 1 saturated heterocycles. The fourth-order valence-corrected chi connectivity index (χ4v) is 3.47. The molecular formula is C21H28N8O. The van der Waals surface area contributed by atoms with Crippen molar-refractivity contribution in [1.82, 2.24) is 29.7 Å². The van der Waals surface area contributed by atoms with Crippen molar-refractivity contribution in [1.29, 1.82) is 0 Å². The monoisotopic (exact) mass is 408 g/mol. The topological polar surface area (TPSA) is 93.3 Å². The second-order valence-corrected chi connectivity index (χ2v) is 7.91. The van der Waals surface area contributed by atoms with Crippen LogP contribution in [0.1, 0.15) is 0 Å². The summed E-state index contributed by atoms with van der Waals surface area (Å²) in [6.07, 6.45) is 1.26. The third-order valence-corrected chi connectivity index (χ3v) is 5.28. The lowest BCUT2D eigenvalue weighted by atomic mass is 10.1. The summed E-state index contributed by atoms with van der Waals surface area (Å²) in [7, 11) is 6.19. The standard InChI is InChI=1S/C21H28N8O/c1-27(2)9-8-22-20-18-21(24-17(30)14-23-18)26-19(25-20)15-4-6-16(7-5-15)29-12-10-28(3)11-13-29/h4-7,14H,8-13H2,1-3H3,(H2,22,24,25,26,30). The lowest BCUT2D eigenvalue weighted by Gasteiger charge is -2.34. The molecule has 3 aromatic rings. The molecule has 0 atom stereocenters. The van der Waals surface area contributed by atoms with Gasteiger partial charge in [0.05, 0.1) is 6.20 Å². The Labute approximate surface area is 175 Å². The Morgan fingerprint density at radius 2 is 1.83 bits per heavy atom. The van der Waals surface area contributed by atoms with Crippen LogP contribution in [0.15, 0.2) is 35.3 Å². The highest BCUT2D eigenvalue weighted by atomic mass is 16.1. The van der Waals surface area contributed by atoms with Crippen molar-refractivity contribution in [2.45, 2.75) is 0 Å². The molecule has 1 aliphatic heterocycles. The van der Waals surface area contributed by atoms with Crippen LogP contribution in [0.2, 0.25) is 0 Å². The number of hydrogen-bond donors (Lipinski definition) is 2. The second-order valence-electron chi connectivity index (χ2n) is 7.91. The SMILES string of the molecule is CN(C)CCNc1nc(-c2ccc(N3CCN(C)CC3)cc2)nc2[nH]c(=O)cnc12. The zero-order valence-corrected chi connectivity index (χ0v) is 17.7. The van der Waals surface area contributed by atoms with Crippen molar-refractivity contribution in [2.75, 3.05) is 70.6 Å². The van der Waals surface area contributed by atoms with Crippen molar-refractivity contribution >= 4 is 22.7 Å². The zero-order chi connectivity index (χ0) is 21.1. The molecule has 158 valence electrons. The lowest BCUT2D eigenvalue weighted by molar-refractivity contribution is 0.313. The van der Waals surface area contributed by atoms with Gasteiger partial charge in [-0.25, -0.2) is 15.0 Å². The Hall–Kier alpha value is -3.04. The van der Waals surface area contributed by atoms with Gasteiger partial charge in [0.15, 0.2) is 17.3 Å². The first-order chi connectivity index (χ1) is 14.5. The molecule has 4 rings (SSSR count). The van der Waals surface area contributed by atoms with E-state index in [1.54, 1.807) is 0 Å². The summed E-state index contributed by atoms with van der Waals surface area (Å²) in [4.78, 5) is 34.9. The van der Waals surface area contributed by atoms with E-state index in [1.165, 1.54) is 11.9 Å². The van der Waals surface area contributed by atoms with Gasteiger partial charge in [-0.2, -0.15) is 0 Å². The molecule has 2 aromatic heterocycles. The number of hydrogen-bond acceptors (Lipinski definition) is 8. The van der Waals surface area contributed by atoms with Crippen molar-refractivity contribution < 1.29 is 0 Å². The number of fused-ring (bicyclic) bond motifs is 1. The molecule has 0 radical (unpaired) electrons. The predicted molar refractivity (Wildman–Crippen MR) is 120 cm³/mol.